The van der Waals surface area contributed by atoms with Gasteiger partial charge in [0.1, 0.15) is 11.5 Å². The van der Waals surface area contributed by atoms with E-state index in [0.29, 0.717) is 60.3 Å². The van der Waals surface area contributed by atoms with Crippen molar-refractivity contribution in [2.75, 3.05) is 7.11 Å². The molecular formula is C133H192N10O7. The molecule has 0 amide bonds. The summed E-state index contributed by atoms with van der Waals surface area (Å²) in [5, 5.41) is 0. The molecule has 4 aromatic carbocycles. The maximum atomic E-state index is 11.4. The van der Waals surface area contributed by atoms with Crippen LogP contribution in [-0.4, -0.2) is 91.8 Å². The third-order valence-electron chi connectivity index (χ3n) is 23.8. The van der Waals surface area contributed by atoms with Crippen molar-refractivity contribution in [3.63, 3.8) is 0 Å². The van der Waals surface area contributed by atoms with Crippen molar-refractivity contribution in [3.05, 3.63) is 367 Å². The number of hydrogen-bond donors (Lipinski definition) is 0. The molecule has 150 heavy (non-hydrogen) atoms. The number of carbonyl (C=O) groups excluding carboxylic acids is 6. The minimum absolute atomic E-state index is 0.00883. The molecule has 12 rings (SSSR count). The van der Waals surface area contributed by atoms with Crippen molar-refractivity contribution in [1.82, 2.24) is 49.8 Å². The fourth-order valence-corrected chi connectivity index (χ4v) is 12.8. The third kappa shape index (κ3) is 53.0. The van der Waals surface area contributed by atoms with Gasteiger partial charge >= 0.3 is 5.97 Å². The average molecular weight is 2040 g/mol. The number of methoxy groups -OCH3 is 1. The molecule has 0 atom stereocenters. The second-order valence-electron chi connectivity index (χ2n) is 50.5. The Balaban J connectivity index is 0.000000819. The van der Waals surface area contributed by atoms with Crippen LogP contribution in [0.4, 0.5) is 0 Å². The second kappa shape index (κ2) is 60.7. The van der Waals surface area contributed by atoms with E-state index in [4.69, 9.17) is 0 Å². The fraction of sp³-hybridized carbons (Fsp3) is 0.489. The predicted molar refractivity (Wildman–Crippen MR) is 633 cm³/mol. The van der Waals surface area contributed by atoms with Gasteiger partial charge in [-0.1, -0.05) is 410 Å². The van der Waals surface area contributed by atoms with Crippen LogP contribution < -0.4 is 0 Å². The first-order valence-corrected chi connectivity index (χ1v) is 53.1. The lowest BCUT2D eigenvalue weighted by Gasteiger charge is -2.18. The SMILES string of the molecule is CCC(=O)c1ccc(C(C)(C)C)cc1.CCC(=O)c1ccc(C(C)(C)C)cn1.CCC(=O)c1ccc(C(C)(C)C)nc1.CCC(=O)c1cnc(C(C)(C)C)nc1.CCC(=O)c1ncc(C(C)(C)C)cn1.COC(=O)c1ccc(C(C)(C)C)cc1.Cc1ccc(C(C)(C)C)cc1.Cc1ccc(C(C)(C)C)cc1.Cc1ccc(C(C)(C)C)cn1.Cc1ccc(C(C)(C)C)cn1.Cc1ccc(C(C)(C)C)nc1.Cc1ccc(C(C)(C)C)nc1. The topological polar surface area (TPSA) is 241 Å². The number of pyridine rings is 6. The Bertz CT molecular complexity index is 5000. The highest BCUT2D eigenvalue weighted by atomic mass is 16.5. The minimum Gasteiger partial charge on any atom is -0.465 e. The van der Waals surface area contributed by atoms with Gasteiger partial charge in [-0.05, 0) is 195 Å². The van der Waals surface area contributed by atoms with Crippen LogP contribution in [0, 0.1) is 41.5 Å². The summed E-state index contributed by atoms with van der Waals surface area (Å²) in [4.78, 5) is 110. The lowest BCUT2D eigenvalue weighted by Crippen LogP contribution is -2.16. The molecule has 0 saturated heterocycles. The number of hydrogen-bond acceptors (Lipinski definition) is 17. The van der Waals surface area contributed by atoms with Gasteiger partial charge in [-0.15, -0.1) is 0 Å². The molecule has 17 heteroatoms. The second-order valence-corrected chi connectivity index (χ2v) is 50.5. The van der Waals surface area contributed by atoms with Crippen LogP contribution in [0.25, 0.3) is 0 Å². The summed E-state index contributed by atoms with van der Waals surface area (Å²) < 4.78 is 4.62. The monoisotopic (exact) mass is 2040 g/mol. The van der Waals surface area contributed by atoms with Crippen LogP contribution in [0.15, 0.2) is 232 Å². The number of Topliss-reactive ketones (excluding diaryl/α,β-unsaturated/α-hetero) is 5. The van der Waals surface area contributed by atoms with Gasteiger partial charge < -0.3 is 4.74 Å². The van der Waals surface area contributed by atoms with Crippen LogP contribution in [-0.2, 0) is 69.7 Å². The molecule has 0 unspecified atom stereocenters. The number of esters is 1. The Morgan fingerprint density at radius 1 is 0.200 bits per heavy atom. The van der Waals surface area contributed by atoms with Crippen LogP contribution >= 0.6 is 0 Å². The van der Waals surface area contributed by atoms with Crippen molar-refractivity contribution >= 4 is 34.9 Å². The zero-order valence-electron chi connectivity index (χ0n) is 102. The van der Waals surface area contributed by atoms with Crippen molar-refractivity contribution in [2.45, 2.75) is 422 Å². The molecule has 0 aliphatic rings. The number of carbonyl (C=O) groups is 6. The molecule has 12 aromatic rings. The normalized spacial score (nSPS) is 11.5. The van der Waals surface area contributed by atoms with Crippen molar-refractivity contribution in [1.29, 1.82) is 0 Å². The van der Waals surface area contributed by atoms with Crippen molar-refractivity contribution < 1.29 is 33.5 Å². The molecule has 0 spiro atoms. The van der Waals surface area contributed by atoms with Crippen LogP contribution in [0.1, 0.15) is 480 Å². The quantitative estimate of drug-likeness (QED) is 0.0863. The number of ether oxygens (including phenoxy) is 1. The molecule has 0 aliphatic carbocycles. The van der Waals surface area contributed by atoms with E-state index >= 15 is 0 Å². The van der Waals surface area contributed by atoms with Crippen LogP contribution in [0.3, 0.4) is 0 Å². The standard InChI is InChI=1S/C13H18O.2C12H17NO.C12H16O2.2C11H16N2O.2C11H16.4C10H15N/c1-5-12(14)10-6-8-11(9-7-10)13(2,3)4;1-5-11(14)10-7-6-9(8-13-10)12(2,3)4;1-5-10(14)9-6-7-11(13-8-9)12(2,3)4;1-12(2,3)10-7-5-9(6-8-10)11(13)14-4;1-5-9(14)10-12-6-8(7-13-10)11(2,3)4;1-5-9(14)8-6-12-10(13-7-8)11(2,3)4;2*1-9-5-7-10(8-6-9)11(2,3)4;2*1-8-5-6-9(7-11-8)10(2,3)4;2*1-8-5-6-9(11-7-8)10(2,3)4/h6-9H,5H2,1-4H3;2*6-8H,5H2,1-4H3;5-8H,1-4H3;2*6-7H,5H2,1-4H3;2*5-8H,1-4H3;4*5-7H,1-4H3. The van der Waals surface area contributed by atoms with Gasteiger partial charge in [0.25, 0.3) is 0 Å². The summed E-state index contributed by atoms with van der Waals surface area (Å²) in [7, 11) is 1.39. The molecule has 0 fully saturated rings. The highest BCUT2D eigenvalue weighted by Crippen LogP contribution is 2.31. The summed E-state index contributed by atoms with van der Waals surface area (Å²) in [5.41, 5.74) is 25.7. The first kappa shape index (κ1) is 136. The fourth-order valence-electron chi connectivity index (χ4n) is 12.8. The predicted octanol–water partition coefficient (Wildman–Crippen LogP) is 34.4. The van der Waals surface area contributed by atoms with Gasteiger partial charge in [0.2, 0.25) is 0 Å². The molecule has 8 heterocycles. The summed E-state index contributed by atoms with van der Waals surface area (Å²) in [6.07, 6.45) is 20.5. The molecule has 8 aromatic heterocycles. The Kier molecular flexibility index (Phi) is 55.0. The highest BCUT2D eigenvalue weighted by molar-refractivity contribution is 5.97. The molecule has 0 bridgehead atoms. The Morgan fingerprint density at radius 3 is 0.693 bits per heavy atom. The molecule has 816 valence electrons. The van der Waals surface area contributed by atoms with Crippen molar-refractivity contribution in [3.8, 4) is 0 Å². The lowest BCUT2D eigenvalue weighted by atomic mass is 9.86. The Hall–Kier alpha value is -12.2. The number of nitrogens with zero attached hydrogens (tertiary/aromatic N) is 10. The summed E-state index contributed by atoms with van der Waals surface area (Å²) >= 11 is 0. The molecular weight excluding hydrogens is 1850 g/mol. The third-order valence-corrected chi connectivity index (χ3v) is 23.8. The van der Waals surface area contributed by atoms with E-state index in [1.807, 2.05) is 155 Å². The lowest BCUT2D eigenvalue weighted by molar-refractivity contribution is 0.0599. The van der Waals surface area contributed by atoms with E-state index in [2.05, 4.69) is 408 Å². The van der Waals surface area contributed by atoms with E-state index in [-0.39, 0.29) is 99.9 Å². The zero-order chi connectivity index (χ0) is 116. The maximum Gasteiger partial charge on any atom is 0.337 e. The smallest absolute Gasteiger partial charge is 0.337 e. The average Bonchev–Trinajstić information content (AvgIpc) is 0.847. The zero-order valence-corrected chi connectivity index (χ0v) is 102. The van der Waals surface area contributed by atoms with Gasteiger partial charge in [-0.3, -0.25) is 53.9 Å². The van der Waals surface area contributed by atoms with Gasteiger partial charge in [-0.2, -0.15) is 0 Å². The van der Waals surface area contributed by atoms with E-state index in [1.54, 1.807) is 49.3 Å². The van der Waals surface area contributed by atoms with E-state index in [1.165, 1.54) is 62.7 Å². The van der Waals surface area contributed by atoms with Gasteiger partial charge in [0.05, 0.1) is 18.2 Å². The molecule has 17 nitrogen and oxygen atoms in total. The van der Waals surface area contributed by atoms with E-state index < -0.39 is 0 Å². The molecule has 0 radical (unpaired) electrons. The molecule has 0 saturated carbocycles. The molecule has 0 N–H and O–H groups in total. The number of rotatable bonds is 11. The number of ketones is 5. The summed E-state index contributed by atoms with van der Waals surface area (Å²) in [6, 6.07) is 57.3. The van der Waals surface area contributed by atoms with Crippen LogP contribution in [0.2, 0.25) is 0 Å². The maximum absolute atomic E-state index is 11.4. The first-order valence-electron chi connectivity index (χ1n) is 53.1. The number of benzene rings is 4. The highest BCUT2D eigenvalue weighted by Gasteiger charge is 2.25. The van der Waals surface area contributed by atoms with E-state index in [9.17, 15) is 28.8 Å². The van der Waals surface area contributed by atoms with Crippen LogP contribution in [0.5, 0.6) is 0 Å². The largest absolute Gasteiger partial charge is 0.465 e. The summed E-state index contributed by atoms with van der Waals surface area (Å²) in [6.45, 7) is 99.2. The minimum atomic E-state index is -0.287. The molecule has 0 aliphatic heterocycles. The summed E-state index contributed by atoms with van der Waals surface area (Å²) in [5.74, 6) is 1.35. The Labute approximate surface area is 908 Å². The van der Waals surface area contributed by atoms with Gasteiger partial charge in [0.15, 0.2) is 34.7 Å². The van der Waals surface area contributed by atoms with Crippen molar-refractivity contribution in [2.24, 2.45) is 0 Å². The number of aromatic nitrogens is 10. The number of aryl methyl sites for hydroxylation is 6. The van der Waals surface area contributed by atoms with Gasteiger partial charge in [0, 0.05) is 155 Å². The van der Waals surface area contributed by atoms with Gasteiger partial charge in [-0.25, -0.2) is 24.7 Å². The van der Waals surface area contributed by atoms with E-state index in [0.717, 1.165) is 51.0 Å². The first-order chi connectivity index (χ1) is 68.7. The Morgan fingerprint density at radius 2 is 0.447 bits per heavy atom.